The minimum Gasteiger partial charge on any atom is -0.322 e. The van der Waals surface area contributed by atoms with Crippen LogP contribution in [0.3, 0.4) is 0 Å². The molecule has 0 aromatic carbocycles. The van der Waals surface area contributed by atoms with Gasteiger partial charge in [-0.25, -0.2) is 0 Å². The van der Waals surface area contributed by atoms with Crippen molar-refractivity contribution in [3.05, 3.63) is 0 Å². The number of hydrogen-bond acceptors (Lipinski definition) is 3. The van der Waals surface area contributed by atoms with Gasteiger partial charge in [-0.05, 0) is 24.7 Å². The molecule has 0 aromatic heterocycles. The van der Waals surface area contributed by atoms with Crippen molar-refractivity contribution in [3.63, 3.8) is 0 Å². The summed E-state index contributed by atoms with van der Waals surface area (Å²) in [5.41, 5.74) is 5.39. The fourth-order valence-electron chi connectivity index (χ4n) is 2.80. The smallest absolute Gasteiger partial charge is 0.240 e. The zero-order valence-corrected chi connectivity index (χ0v) is 8.92. The molecule has 15 heavy (non-hydrogen) atoms. The summed E-state index contributed by atoms with van der Waals surface area (Å²) in [6.45, 7) is -0.106. The molecule has 2 rings (SSSR count). The lowest BCUT2D eigenvalue weighted by Crippen LogP contribution is -2.37. The summed E-state index contributed by atoms with van der Waals surface area (Å²) in [5.74, 6) is -0.390. The topological polar surface area (TPSA) is 72.2 Å². The number of hydrogen-bond donors (Lipinski definition) is 2. The number of carbonyl (C=O) groups is 2. The largest absolute Gasteiger partial charge is 0.322 e. The highest BCUT2D eigenvalue weighted by molar-refractivity contribution is 5.98. The van der Waals surface area contributed by atoms with Crippen molar-refractivity contribution in [3.8, 4) is 0 Å². The molecule has 0 aromatic rings. The molecule has 0 heterocycles. The Labute approximate surface area is 89.6 Å². The third-order valence-electron chi connectivity index (χ3n) is 3.80. The van der Waals surface area contributed by atoms with Crippen molar-refractivity contribution in [2.45, 2.75) is 38.5 Å². The molecule has 0 radical (unpaired) electrons. The highest BCUT2D eigenvalue weighted by Crippen LogP contribution is 2.61. The van der Waals surface area contributed by atoms with Crippen molar-refractivity contribution >= 4 is 11.8 Å². The highest BCUT2D eigenvalue weighted by Gasteiger charge is 2.57. The maximum Gasteiger partial charge on any atom is 0.240 e. The van der Waals surface area contributed by atoms with E-state index < -0.39 is 0 Å². The summed E-state index contributed by atoms with van der Waals surface area (Å²) < 4.78 is 0. The zero-order valence-electron chi connectivity index (χ0n) is 8.92. The number of amides is 2. The maximum atomic E-state index is 11.7. The first-order chi connectivity index (χ1) is 7.18. The quantitative estimate of drug-likeness (QED) is 0.699. The van der Waals surface area contributed by atoms with Crippen molar-refractivity contribution in [1.29, 1.82) is 0 Å². The molecule has 2 aliphatic rings. The summed E-state index contributed by atoms with van der Waals surface area (Å²) >= 11 is 0. The van der Waals surface area contributed by atoms with Crippen LogP contribution >= 0.6 is 0 Å². The lowest BCUT2D eigenvalue weighted by molar-refractivity contribution is -0.131. The Morgan fingerprint density at radius 2 is 1.93 bits per heavy atom. The Bertz CT molecular complexity index is 282. The minimum absolute atomic E-state index is 0.0771. The van der Waals surface area contributed by atoms with Gasteiger partial charge in [0, 0.05) is 5.92 Å². The molecule has 2 saturated carbocycles. The van der Waals surface area contributed by atoms with Crippen molar-refractivity contribution in [2.24, 2.45) is 17.1 Å². The molecule has 3 N–H and O–H groups in total. The van der Waals surface area contributed by atoms with Gasteiger partial charge in [-0.3, -0.25) is 14.9 Å². The highest BCUT2D eigenvalue weighted by atomic mass is 16.2. The second kappa shape index (κ2) is 3.93. The molecule has 1 atom stereocenters. The summed E-state index contributed by atoms with van der Waals surface area (Å²) in [7, 11) is 0. The van der Waals surface area contributed by atoms with E-state index in [0.29, 0.717) is 0 Å². The van der Waals surface area contributed by atoms with Gasteiger partial charge in [0.1, 0.15) is 0 Å². The predicted molar refractivity (Wildman–Crippen MR) is 55.8 cm³/mol. The van der Waals surface area contributed by atoms with E-state index in [1.54, 1.807) is 0 Å². The number of nitrogens with one attached hydrogen (secondary N) is 1. The lowest BCUT2D eigenvalue weighted by atomic mass is 9.84. The SMILES string of the molecule is NCC(=O)NC(=O)[C@@H]1CC12CCCCC2. The molecule has 2 fully saturated rings. The normalized spacial score (nSPS) is 27.4. The lowest BCUT2D eigenvalue weighted by Gasteiger charge is -2.21. The van der Waals surface area contributed by atoms with Crippen molar-refractivity contribution in [1.82, 2.24) is 5.32 Å². The Morgan fingerprint density at radius 1 is 1.27 bits per heavy atom. The maximum absolute atomic E-state index is 11.7. The average Bonchev–Trinajstić information content (AvgIpc) is 2.93. The molecular formula is C11H18N2O2. The fraction of sp³-hybridized carbons (Fsp3) is 0.818. The van der Waals surface area contributed by atoms with E-state index in [1.807, 2.05) is 0 Å². The number of nitrogens with two attached hydrogens (primary N) is 1. The number of imide groups is 1. The van der Waals surface area contributed by atoms with Crippen LogP contribution in [0.15, 0.2) is 0 Å². The second-order valence-electron chi connectivity index (χ2n) is 4.80. The van der Waals surface area contributed by atoms with Crippen LogP contribution in [0, 0.1) is 11.3 Å². The van der Waals surface area contributed by atoms with E-state index in [9.17, 15) is 9.59 Å². The summed E-state index contributed by atoms with van der Waals surface area (Å²) in [6.07, 6.45) is 7.03. The molecular weight excluding hydrogens is 192 g/mol. The van der Waals surface area contributed by atoms with Crippen LogP contribution in [0.2, 0.25) is 0 Å². The van der Waals surface area contributed by atoms with E-state index in [-0.39, 0.29) is 29.7 Å². The molecule has 84 valence electrons. The van der Waals surface area contributed by atoms with Crippen LogP contribution in [-0.2, 0) is 9.59 Å². The van der Waals surface area contributed by atoms with Gasteiger partial charge in [0.2, 0.25) is 11.8 Å². The monoisotopic (exact) mass is 210 g/mol. The van der Waals surface area contributed by atoms with Gasteiger partial charge < -0.3 is 5.73 Å². The molecule has 2 aliphatic carbocycles. The standard InChI is InChI=1S/C11H18N2O2/c12-7-9(14)13-10(15)8-6-11(8)4-2-1-3-5-11/h8H,1-7,12H2,(H,13,14,15)/t8-/m0/s1. The minimum atomic E-state index is -0.363. The van der Waals surface area contributed by atoms with Gasteiger partial charge in [0.05, 0.1) is 6.54 Å². The molecule has 4 heteroatoms. The Kier molecular flexibility index (Phi) is 2.78. The first-order valence-electron chi connectivity index (χ1n) is 5.72. The number of rotatable bonds is 2. The van der Waals surface area contributed by atoms with Gasteiger partial charge in [0.25, 0.3) is 0 Å². The van der Waals surface area contributed by atoms with Crippen LogP contribution in [0.5, 0.6) is 0 Å². The molecule has 0 aliphatic heterocycles. The molecule has 4 nitrogen and oxygen atoms in total. The Balaban J connectivity index is 1.86. The van der Waals surface area contributed by atoms with Crippen LogP contribution < -0.4 is 11.1 Å². The van der Waals surface area contributed by atoms with E-state index in [1.165, 1.54) is 19.3 Å². The van der Waals surface area contributed by atoms with Crippen LogP contribution in [0.25, 0.3) is 0 Å². The summed E-state index contributed by atoms with van der Waals surface area (Å²) in [6, 6.07) is 0. The third-order valence-corrected chi connectivity index (χ3v) is 3.80. The first-order valence-corrected chi connectivity index (χ1v) is 5.72. The summed E-state index contributed by atoms with van der Waals surface area (Å²) in [5, 5.41) is 2.36. The third kappa shape index (κ3) is 2.04. The van der Waals surface area contributed by atoms with E-state index >= 15 is 0 Å². The average molecular weight is 210 g/mol. The Hall–Kier alpha value is -0.900. The second-order valence-corrected chi connectivity index (χ2v) is 4.80. The van der Waals surface area contributed by atoms with Gasteiger partial charge in [-0.2, -0.15) is 0 Å². The first kappa shape index (κ1) is 10.6. The van der Waals surface area contributed by atoms with Gasteiger partial charge in [0.15, 0.2) is 0 Å². The van der Waals surface area contributed by atoms with E-state index in [4.69, 9.17) is 5.73 Å². The van der Waals surface area contributed by atoms with Gasteiger partial charge in [-0.15, -0.1) is 0 Å². The molecule has 0 saturated heterocycles. The molecule has 1 spiro atoms. The van der Waals surface area contributed by atoms with Gasteiger partial charge in [-0.1, -0.05) is 19.3 Å². The van der Waals surface area contributed by atoms with Crippen LogP contribution in [0.1, 0.15) is 38.5 Å². The van der Waals surface area contributed by atoms with E-state index in [2.05, 4.69) is 5.32 Å². The van der Waals surface area contributed by atoms with E-state index in [0.717, 1.165) is 19.3 Å². The zero-order chi connectivity index (χ0) is 10.9. The van der Waals surface area contributed by atoms with Crippen LogP contribution in [0.4, 0.5) is 0 Å². The van der Waals surface area contributed by atoms with Crippen molar-refractivity contribution in [2.75, 3.05) is 6.54 Å². The summed E-state index contributed by atoms with van der Waals surface area (Å²) in [4.78, 5) is 22.6. The fourth-order valence-corrected chi connectivity index (χ4v) is 2.80. The van der Waals surface area contributed by atoms with Gasteiger partial charge >= 0.3 is 0 Å². The molecule has 2 amide bonds. The number of carbonyl (C=O) groups excluding carboxylic acids is 2. The molecule has 0 bridgehead atoms. The van der Waals surface area contributed by atoms with Crippen LogP contribution in [-0.4, -0.2) is 18.4 Å². The molecule has 0 unspecified atom stereocenters. The predicted octanol–water partition coefficient (Wildman–Crippen LogP) is 0.558. The Morgan fingerprint density at radius 3 is 2.53 bits per heavy atom. The van der Waals surface area contributed by atoms with Crippen molar-refractivity contribution < 1.29 is 9.59 Å².